The number of rotatable bonds is 5. The van der Waals surface area contributed by atoms with Crippen molar-refractivity contribution >= 4 is 33.5 Å². The van der Waals surface area contributed by atoms with Gasteiger partial charge in [-0.05, 0) is 26.0 Å². The van der Waals surface area contributed by atoms with Crippen LogP contribution in [0.4, 0.5) is 5.82 Å². The van der Waals surface area contributed by atoms with Crippen LogP contribution >= 0.6 is 11.6 Å². The first-order valence-electron chi connectivity index (χ1n) is 7.97. The van der Waals surface area contributed by atoms with Gasteiger partial charge < -0.3 is 5.32 Å². The lowest BCUT2D eigenvalue weighted by molar-refractivity contribution is -0.118. The summed E-state index contributed by atoms with van der Waals surface area (Å²) in [4.78, 5) is 18.2. The molecule has 1 saturated heterocycles. The lowest BCUT2D eigenvalue weighted by Gasteiger charge is -2.44. The first-order valence-corrected chi connectivity index (χ1v) is 9.75. The van der Waals surface area contributed by atoms with Gasteiger partial charge in [-0.3, -0.25) is 9.69 Å². The Kier molecular flexibility index (Phi) is 6.39. The molecule has 10 heteroatoms. The average Bonchev–Trinajstić information content (AvgIpc) is 2.53. The molecule has 2 heterocycles. The minimum absolute atomic E-state index is 0.0904. The number of hydrogen-bond acceptors (Lipinski definition) is 5. The number of aromatic nitrogens is 1. The molecule has 1 aromatic heterocycles. The van der Waals surface area contributed by atoms with Gasteiger partial charge in [0.15, 0.2) is 0 Å². The Hall–Kier alpha value is -1.26. The van der Waals surface area contributed by atoms with Crippen molar-refractivity contribution in [2.24, 2.45) is 0 Å². The van der Waals surface area contributed by atoms with Gasteiger partial charge in [-0.2, -0.15) is 17.0 Å². The fraction of sp³-hybridized carbons (Fsp3) is 0.600. The second kappa shape index (κ2) is 7.96. The number of halogens is 1. The minimum Gasteiger partial charge on any atom is -0.310 e. The molecule has 0 bridgehead atoms. The van der Waals surface area contributed by atoms with Crippen molar-refractivity contribution in [3.63, 3.8) is 0 Å². The number of anilines is 1. The number of nitrogens with one attached hydrogen (secondary N) is 1. The van der Waals surface area contributed by atoms with Crippen LogP contribution in [0.5, 0.6) is 0 Å². The van der Waals surface area contributed by atoms with Crippen LogP contribution in [0.3, 0.4) is 0 Å². The first kappa shape index (κ1) is 20.1. The van der Waals surface area contributed by atoms with Crippen LogP contribution in [0.1, 0.15) is 13.8 Å². The van der Waals surface area contributed by atoms with E-state index < -0.39 is 10.2 Å². The Labute approximate surface area is 153 Å². The largest absolute Gasteiger partial charge is 0.310 e. The summed E-state index contributed by atoms with van der Waals surface area (Å²) in [5.74, 6) is 0.238. The molecule has 1 fully saturated rings. The molecular weight excluding hydrogens is 366 g/mol. The van der Waals surface area contributed by atoms with Crippen molar-refractivity contribution in [1.29, 1.82) is 0 Å². The van der Waals surface area contributed by atoms with Crippen LogP contribution in [-0.2, 0) is 15.0 Å². The van der Waals surface area contributed by atoms with E-state index in [-0.39, 0.29) is 24.5 Å². The van der Waals surface area contributed by atoms with Crippen LogP contribution in [0.2, 0.25) is 5.02 Å². The van der Waals surface area contributed by atoms with Crippen molar-refractivity contribution < 1.29 is 13.2 Å². The van der Waals surface area contributed by atoms with Gasteiger partial charge in [0.2, 0.25) is 5.91 Å². The Balaban J connectivity index is 1.98. The lowest BCUT2D eigenvalue weighted by Crippen LogP contribution is -2.61. The third-order valence-corrected chi connectivity index (χ3v) is 6.69. The van der Waals surface area contributed by atoms with E-state index in [0.717, 1.165) is 0 Å². The number of nitrogens with zero attached hydrogens (tertiary/aromatic N) is 4. The van der Waals surface area contributed by atoms with Crippen LogP contribution in [-0.4, -0.2) is 78.6 Å². The molecule has 1 N–H and O–H groups in total. The highest BCUT2D eigenvalue weighted by Gasteiger charge is 2.38. The van der Waals surface area contributed by atoms with Gasteiger partial charge in [-0.25, -0.2) is 4.98 Å². The van der Waals surface area contributed by atoms with Crippen molar-refractivity contribution in [1.82, 2.24) is 18.5 Å². The molecule has 8 nitrogen and oxygen atoms in total. The molecule has 0 aliphatic carbocycles. The van der Waals surface area contributed by atoms with Crippen LogP contribution in [0.25, 0.3) is 0 Å². The first-order chi connectivity index (χ1) is 11.6. The monoisotopic (exact) mass is 389 g/mol. The molecule has 1 aromatic rings. The fourth-order valence-corrected chi connectivity index (χ4v) is 4.19. The molecule has 0 saturated carbocycles. The maximum absolute atomic E-state index is 12.4. The van der Waals surface area contributed by atoms with Gasteiger partial charge in [0, 0.05) is 45.5 Å². The highest BCUT2D eigenvalue weighted by atomic mass is 35.5. The topological polar surface area (TPSA) is 85.9 Å². The molecule has 2 rings (SSSR count). The van der Waals surface area contributed by atoms with E-state index in [1.807, 2.05) is 18.7 Å². The quantitative estimate of drug-likeness (QED) is 0.807. The summed E-state index contributed by atoms with van der Waals surface area (Å²) in [5, 5.41) is 3.22. The van der Waals surface area contributed by atoms with E-state index in [2.05, 4.69) is 10.3 Å². The van der Waals surface area contributed by atoms with Crippen LogP contribution < -0.4 is 5.32 Å². The van der Waals surface area contributed by atoms with Gasteiger partial charge in [-0.15, -0.1) is 0 Å². The van der Waals surface area contributed by atoms with Crippen molar-refractivity contribution in [3.8, 4) is 0 Å². The smallest absolute Gasteiger partial charge is 0.281 e. The normalized spacial score (nSPS) is 23.0. The van der Waals surface area contributed by atoms with Crippen molar-refractivity contribution in [2.45, 2.75) is 25.9 Å². The zero-order valence-corrected chi connectivity index (χ0v) is 16.4. The summed E-state index contributed by atoms with van der Waals surface area (Å²) >= 11 is 5.77. The Morgan fingerprint density at radius 2 is 2.00 bits per heavy atom. The van der Waals surface area contributed by atoms with Crippen LogP contribution in [0, 0.1) is 0 Å². The summed E-state index contributed by atoms with van der Waals surface area (Å²) in [7, 11) is -0.431. The minimum atomic E-state index is -3.47. The van der Waals surface area contributed by atoms with E-state index in [0.29, 0.717) is 23.9 Å². The average molecular weight is 390 g/mol. The highest BCUT2D eigenvalue weighted by Crippen LogP contribution is 2.21. The molecule has 0 spiro atoms. The van der Waals surface area contributed by atoms with E-state index in [1.54, 1.807) is 12.1 Å². The zero-order chi connectivity index (χ0) is 18.8. The van der Waals surface area contributed by atoms with Gasteiger partial charge in [-0.1, -0.05) is 11.6 Å². The van der Waals surface area contributed by atoms with E-state index in [4.69, 9.17) is 11.6 Å². The number of pyridine rings is 1. The maximum atomic E-state index is 12.4. The Morgan fingerprint density at radius 1 is 1.32 bits per heavy atom. The molecule has 140 valence electrons. The Bertz CT molecular complexity index is 710. The number of hydrogen-bond donors (Lipinski definition) is 1. The zero-order valence-electron chi connectivity index (χ0n) is 14.8. The van der Waals surface area contributed by atoms with Crippen molar-refractivity contribution in [3.05, 3.63) is 23.4 Å². The maximum Gasteiger partial charge on any atom is 0.281 e. The summed E-state index contributed by atoms with van der Waals surface area (Å²) < 4.78 is 27.4. The lowest BCUT2D eigenvalue weighted by atomic mass is 10.1. The third-order valence-electron chi connectivity index (χ3n) is 4.44. The van der Waals surface area contributed by atoms with Gasteiger partial charge in [0.25, 0.3) is 10.2 Å². The molecule has 0 aromatic carbocycles. The molecule has 2 atom stereocenters. The summed E-state index contributed by atoms with van der Waals surface area (Å²) in [6.07, 6.45) is 1.47. The summed E-state index contributed by atoms with van der Waals surface area (Å²) in [5.41, 5.74) is 0. The standard InChI is InChI=1S/C15H24ClN5O3S/c1-11-12(2)21(25(23,24)19(3)4)8-7-20(11)10-15(22)18-14-6-5-13(16)9-17-14/h5-6,9,11-12H,7-8,10H2,1-4H3,(H,17,18,22)/t11-,12-/m1/s1. The fourth-order valence-electron chi connectivity index (χ4n) is 2.75. The number of carbonyl (C=O) groups excluding carboxylic acids is 1. The van der Waals surface area contributed by atoms with E-state index >= 15 is 0 Å². The number of amides is 1. The summed E-state index contributed by atoms with van der Waals surface area (Å²) in [6, 6.07) is 2.96. The second-order valence-electron chi connectivity index (χ2n) is 6.26. The van der Waals surface area contributed by atoms with Crippen molar-refractivity contribution in [2.75, 3.05) is 39.0 Å². The molecule has 1 amide bonds. The van der Waals surface area contributed by atoms with Crippen LogP contribution in [0.15, 0.2) is 18.3 Å². The molecular formula is C15H24ClN5O3S. The second-order valence-corrected chi connectivity index (χ2v) is 8.79. The SMILES string of the molecule is C[C@@H]1[C@@H](C)N(S(=O)(=O)N(C)C)CCN1CC(=O)Nc1ccc(Cl)cn1. The van der Waals surface area contributed by atoms with Gasteiger partial charge in [0.1, 0.15) is 5.82 Å². The molecule has 1 aliphatic heterocycles. The van der Waals surface area contributed by atoms with Gasteiger partial charge >= 0.3 is 0 Å². The van der Waals surface area contributed by atoms with Gasteiger partial charge in [0.05, 0.1) is 11.6 Å². The number of piperazine rings is 1. The summed E-state index contributed by atoms with van der Waals surface area (Å²) in [6.45, 7) is 4.79. The molecule has 0 radical (unpaired) electrons. The highest BCUT2D eigenvalue weighted by molar-refractivity contribution is 7.86. The molecule has 25 heavy (non-hydrogen) atoms. The predicted octanol–water partition coefficient (Wildman–Crippen LogP) is 0.875. The molecule has 0 unspecified atom stereocenters. The third kappa shape index (κ3) is 4.68. The molecule has 1 aliphatic rings. The number of carbonyl (C=O) groups is 1. The van der Waals surface area contributed by atoms with E-state index in [1.165, 1.54) is 28.9 Å². The predicted molar refractivity (Wildman–Crippen MR) is 97.7 cm³/mol. The Morgan fingerprint density at radius 3 is 2.56 bits per heavy atom. The van der Waals surface area contributed by atoms with E-state index in [9.17, 15) is 13.2 Å².